The maximum atomic E-state index is 12.7. The van der Waals surface area contributed by atoms with Gasteiger partial charge in [0, 0.05) is 27.7 Å². The fraction of sp³-hybridized carbons (Fsp3) is 0.167. The lowest BCUT2D eigenvalue weighted by Crippen LogP contribution is -2.14. The molecule has 1 aliphatic heterocycles. The van der Waals surface area contributed by atoms with E-state index in [1.54, 1.807) is 23.9 Å². The van der Waals surface area contributed by atoms with Crippen molar-refractivity contribution in [1.29, 1.82) is 0 Å². The molecule has 1 unspecified atom stereocenters. The van der Waals surface area contributed by atoms with Crippen molar-refractivity contribution in [3.8, 4) is 5.75 Å². The van der Waals surface area contributed by atoms with E-state index in [0.29, 0.717) is 11.1 Å². The SMILES string of the molecule is O=c1oc2ccccc2c2c1C(c1ccc(Br)cc1O)SCCN2. The Morgan fingerprint density at radius 1 is 1.25 bits per heavy atom. The quantitative estimate of drug-likeness (QED) is 0.585. The van der Waals surface area contributed by atoms with Crippen molar-refractivity contribution in [2.75, 3.05) is 17.6 Å². The highest BCUT2D eigenvalue weighted by atomic mass is 79.9. The van der Waals surface area contributed by atoms with E-state index in [4.69, 9.17) is 4.42 Å². The highest BCUT2D eigenvalue weighted by Gasteiger charge is 2.28. The van der Waals surface area contributed by atoms with Crippen LogP contribution < -0.4 is 10.9 Å². The van der Waals surface area contributed by atoms with E-state index in [2.05, 4.69) is 21.2 Å². The third kappa shape index (κ3) is 2.59. The van der Waals surface area contributed by atoms with Gasteiger partial charge in [0.25, 0.3) is 0 Å². The number of rotatable bonds is 1. The van der Waals surface area contributed by atoms with Gasteiger partial charge in [-0.25, -0.2) is 4.79 Å². The molecule has 1 atom stereocenters. The molecule has 2 aromatic carbocycles. The molecule has 4 rings (SSSR count). The Hall–Kier alpha value is -1.92. The number of phenols is 1. The average molecular weight is 404 g/mol. The van der Waals surface area contributed by atoms with Crippen molar-refractivity contribution >= 4 is 44.3 Å². The predicted octanol–water partition coefficient (Wildman–Crippen LogP) is 4.51. The highest BCUT2D eigenvalue weighted by molar-refractivity contribution is 9.10. The maximum absolute atomic E-state index is 12.7. The molecule has 0 radical (unpaired) electrons. The molecule has 0 saturated carbocycles. The van der Waals surface area contributed by atoms with E-state index >= 15 is 0 Å². The molecule has 0 saturated heterocycles. The van der Waals surface area contributed by atoms with Crippen LogP contribution in [0.1, 0.15) is 16.4 Å². The molecule has 0 bridgehead atoms. The van der Waals surface area contributed by atoms with E-state index in [1.807, 2.05) is 30.3 Å². The van der Waals surface area contributed by atoms with E-state index < -0.39 is 0 Å². The van der Waals surface area contributed by atoms with Crippen LogP contribution in [0.4, 0.5) is 5.69 Å². The van der Waals surface area contributed by atoms with E-state index in [9.17, 15) is 9.90 Å². The molecule has 0 amide bonds. The fourth-order valence-electron chi connectivity index (χ4n) is 3.01. The summed E-state index contributed by atoms with van der Waals surface area (Å²) < 4.78 is 6.33. The molecule has 3 aromatic rings. The standard InChI is InChI=1S/C18H14BrNO3S/c19-10-5-6-11(13(21)9-10)17-15-16(20-7-8-24-17)12-3-1-2-4-14(12)23-18(15)22/h1-6,9,17,20-21H,7-8H2. The first-order valence-corrected chi connectivity index (χ1v) is 9.39. The summed E-state index contributed by atoms with van der Waals surface area (Å²) in [7, 11) is 0. The smallest absolute Gasteiger partial charge is 0.343 e. The minimum absolute atomic E-state index is 0.169. The van der Waals surface area contributed by atoms with Gasteiger partial charge in [0.1, 0.15) is 11.3 Å². The van der Waals surface area contributed by atoms with Crippen LogP contribution in [0.2, 0.25) is 0 Å². The summed E-state index contributed by atoms with van der Waals surface area (Å²) in [6, 6.07) is 12.9. The Bertz CT molecular complexity index is 986. The van der Waals surface area contributed by atoms with Crippen molar-refractivity contribution in [2.45, 2.75) is 5.25 Å². The number of phenolic OH excluding ortho intramolecular Hbond substituents is 1. The van der Waals surface area contributed by atoms with E-state index in [0.717, 1.165) is 33.4 Å². The van der Waals surface area contributed by atoms with Gasteiger partial charge >= 0.3 is 5.63 Å². The van der Waals surface area contributed by atoms with Crippen LogP contribution >= 0.6 is 27.7 Å². The molecule has 2 heterocycles. The zero-order valence-corrected chi connectivity index (χ0v) is 15.0. The number of thioether (sulfide) groups is 1. The molecule has 2 N–H and O–H groups in total. The lowest BCUT2D eigenvalue weighted by atomic mass is 10.0. The van der Waals surface area contributed by atoms with Crippen LogP contribution in [0.15, 0.2) is 56.1 Å². The van der Waals surface area contributed by atoms with Gasteiger partial charge in [-0.1, -0.05) is 34.1 Å². The first-order valence-electron chi connectivity index (χ1n) is 7.55. The minimum atomic E-state index is -0.363. The third-order valence-electron chi connectivity index (χ3n) is 4.07. The first-order chi connectivity index (χ1) is 11.6. The Balaban J connectivity index is 2.00. The number of hydrogen-bond acceptors (Lipinski definition) is 5. The molecule has 1 aliphatic rings. The van der Waals surface area contributed by atoms with Crippen LogP contribution in [0, 0.1) is 0 Å². The molecule has 0 fully saturated rings. The third-order valence-corrected chi connectivity index (χ3v) is 5.83. The van der Waals surface area contributed by atoms with Crippen molar-refractivity contribution in [2.24, 2.45) is 0 Å². The second-order valence-electron chi connectivity index (χ2n) is 5.56. The molecule has 0 aliphatic carbocycles. The lowest BCUT2D eigenvalue weighted by molar-refractivity contribution is 0.468. The largest absolute Gasteiger partial charge is 0.508 e. The Kier molecular flexibility index (Phi) is 4.02. The number of aromatic hydroxyl groups is 1. The monoisotopic (exact) mass is 403 g/mol. The minimum Gasteiger partial charge on any atom is -0.508 e. The Morgan fingerprint density at radius 3 is 2.92 bits per heavy atom. The summed E-state index contributed by atoms with van der Waals surface area (Å²) >= 11 is 4.98. The average Bonchev–Trinajstić information content (AvgIpc) is 2.78. The normalized spacial score (nSPS) is 17.1. The number of benzene rings is 2. The van der Waals surface area contributed by atoms with Crippen LogP contribution in [0.5, 0.6) is 5.75 Å². The Labute approximate surface area is 151 Å². The van der Waals surface area contributed by atoms with Crippen LogP contribution in [-0.2, 0) is 0 Å². The van der Waals surface area contributed by atoms with Crippen LogP contribution in [0.3, 0.4) is 0 Å². The van der Waals surface area contributed by atoms with Gasteiger partial charge in [-0.2, -0.15) is 0 Å². The fourth-order valence-corrected chi connectivity index (χ4v) is 4.58. The molecule has 1 aromatic heterocycles. The zero-order chi connectivity index (χ0) is 16.7. The number of halogens is 1. The van der Waals surface area contributed by atoms with Gasteiger partial charge in [0.15, 0.2) is 0 Å². The topological polar surface area (TPSA) is 62.5 Å². The van der Waals surface area contributed by atoms with Gasteiger partial charge in [-0.15, -0.1) is 11.8 Å². The Morgan fingerprint density at radius 2 is 2.08 bits per heavy atom. The zero-order valence-electron chi connectivity index (χ0n) is 12.6. The second kappa shape index (κ2) is 6.18. The van der Waals surface area contributed by atoms with E-state index in [1.165, 1.54) is 0 Å². The number of fused-ring (bicyclic) bond motifs is 3. The van der Waals surface area contributed by atoms with Gasteiger partial charge in [0.05, 0.1) is 16.5 Å². The molecule has 122 valence electrons. The van der Waals surface area contributed by atoms with Crippen molar-refractivity contribution < 1.29 is 9.52 Å². The van der Waals surface area contributed by atoms with E-state index in [-0.39, 0.29) is 16.6 Å². The molecular formula is C18H14BrNO3S. The van der Waals surface area contributed by atoms with Crippen molar-refractivity contribution in [3.05, 3.63) is 68.5 Å². The summed E-state index contributed by atoms with van der Waals surface area (Å²) in [5.74, 6) is 0.991. The molecule has 4 nitrogen and oxygen atoms in total. The van der Waals surface area contributed by atoms with Gasteiger partial charge in [-0.05, 0) is 24.3 Å². The molecule has 6 heteroatoms. The summed E-state index contributed by atoms with van der Waals surface area (Å²) in [5.41, 5.74) is 2.29. The maximum Gasteiger partial charge on any atom is 0.343 e. The summed E-state index contributed by atoms with van der Waals surface area (Å²) in [5, 5.41) is 14.3. The number of hydrogen-bond donors (Lipinski definition) is 2. The predicted molar refractivity (Wildman–Crippen MR) is 101 cm³/mol. The summed E-state index contributed by atoms with van der Waals surface area (Å²) in [4.78, 5) is 12.7. The molecule has 0 spiro atoms. The van der Waals surface area contributed by atoms with Crippen LogP contribution in [0.25, 0.3) is 11.0 Å². The van der Waals surface area contributed by atoms with Gasteiger partial charge in [-0.3, -0.25) is 0 Å². The van der Waals surface area contributed by atoms with Crippen molar-refractivity contribution in [3.63, 3.8) is 0 Å². The lowest BCUT2D eigenvalue weighted by Gasteiger charge is -2.18. The molecular weight excluding hydrogens is 390 g/mol. The summed E-state index contributed by atoms with van der Waals surface area (Å²) in [6.07, 6.45) is 0. The van der Waals surface area contributed by atoms with Gasteiger partial charge in [0.2, 0.25) is 0 Å². The summed E-state index contributed by atoms with van der Waals surface area (Å²) in [6.45, 7) is 0.749. The number of anilines is 1. The number of nitrogens with one attached hydrogen (secondary N) is 1. The first kappa shape index (κ1) is 15.6. The van der Waals surface area contributed by atoms with Gasteiger partial charge < -0.3 is 14.8 Å². The highest BCUT2D eigenvalue weighted by Crippen LogP contribution is 2.45. The molecule has 24 heavy (non-hydrogen) atoms. The van der Waals surface area contributed by atoms with Crippen molar-refractivity contribution in [1.82, 2.24) is 0 Å². The van der Waals surface area contributed by atoms with Crippen LogP contribution in [-0.4, -0.2) is 17.4 Å². The number of para-hydroxylation sites is 1. The second-order valence-corrected chi connectivity index (χ2v) is 7.68.